The second-order valence-corrected chi connectivity index (χ2v) is 6.87. The van der Waals surface area contributed by atoms with Crippen LogP contribution in [0.2, 0.25) is 0 Å². The van der Waals surface area contributed by atoms with Crippen LogP contribution in [0.1, 0.15) is 38.8 Å². The molecule has 2 rings (SSSR count). The molecule has 1 saturated heterocycles. The van der Waals surface area contributed by atoms with E-state index in [0.29, 0.717) is 6.42 Å². The average Bonchev–Trinajstić information content (AvgIpc) is 2.98. The third kappa shape index (κ3) is 4.26. The van der Waals surface area contributed by atoms with Crippen LogP contribution in [-0.4, -0.2) is 37.8 Å². The van der Waals surface area contributed by atoms with Crippen molar-refractivity contribution in [3.8, 4) is 5.75 Å². The number of carbonyl (C=O) groups is 2. The van der Waals surface area contributed by atoms with E-state index in [1.807, 2.05) is 45.0 Å². The standard InChI is InChI=1S/C18H25NO5/c1-18(2,3)24-16(20)13-10-14(17(21)23-5)19-15(13)11-6-8-12(22-4)9-7-11/h6-9,13-15,19H,10H2,1-5H3/t13-,14-,15-/m1/s1. The van der Waals surface area contributed by atoms with E-state index >= 15 is 0 Å². The van der Waals surface area contributed by atoms with E-state index in [2.05, 4.69) is 5.32 Å². The summed E-state index contributed by atoms with van der Waals surface area (Å²) in [6.07, 6.45) is 0.346. The highest BCUT2D eigenvalue weighted by atomic mass is 16.6. The van der Waals surface area contributed by atoms with Gasteiger partial charge in [-0.2, -0.15) is 0 Å². The van der Waals surface area contributed by atoms with Gasteiger partial charge in [-0.05, 0) is 44.9 Å². The van der Waals surface area contributed by atoms with Gasteiger partial charge in [-0.25, -0.2) is 0 Å². The third-order valence-electron chi connectivity index (χ3n) is 3.94. The predicted molar refractivity (Wildman–Crippen MR) is 88.6 cm³/mol. The maximum atomic E-state index is 12.6. The Morgan fingerprint density at radius 3 is 2.21 bits per heavy atom. The SMILES string of the molecule is COC(=O)[C@H]1C[C@@H](C(=O)OC(C)(C)C)[C@@H](c2ccc(OC)cc2)N1. The van der Waals surface area contributed by atoms with Crippen LogP contribution in [0.15, 0.2) is 24.3 Å². The Morgan fingerprint density at radius 2 is 1.71 bits per heavy atom. The number of benzene rings is 1. The van der Waals surface area contributed by atoms with E-state index in [-0.39, 0.29) is 18.0 Å². The molecule has 0 aliphatic carbocycles. The second-order valence-electron chi connectivity index (χ2n) is 6.87. The molecule has 0 saturated carbocycles. The monoisotopic (exact) mass is 335 g/mol. The van der Waals surface area contributed by atoms with Gasteiger partial charge < -0.3 is 14.2 Å². The molecule has 1 heterocycles. The molecule has 132 valence electrons. The predicted octanol–water partition coefficient (Wildman–Crippen LogP) is 2.23. The summed E-state index contributed by atoms with van der Waals surface area (Å²) in [5.41, 5.74) is 0.323. The van der Waals surface area contributed by atoms with Gasteiger partial charge in [0.2, 0.25) is 0 Å². The van der Waals surface area contributed by atoms with Gasteiger partial charge in [-0.1, -0.05) is 12.1 Å². The number of nitrogens with one attached hydrogen (secondary N) is 1. The summed E-state index contributed by atoms with van der Waals surface area (Å²) in [5.74, 6) is -0.418. The first-order chi connectivity index (χ1) is 11.2. The molecular weight excluding hydrogens is 310 g/mol. The number of hydrogen-bond donors (Lipinski definition) is 1. The Balaban J connectivity index is 2.25. The lowest BCUT2D eigenvalue weighted by Gasteiger charge is -2.25. The molecule has 0 spiro atoms. The fraction of sp³-hybridized carbons (Fsp3) is 0.556. The molecule has 1 aliphatic rings. The van der Waals surface area contributed by atoms with Crippen molar-refractivity contribution < 1.29 is 23.8 Å². The summed E-state index contributed by atoms with van der Waals surface area (Å²) in [5, 5.41) is 3.20. The summed E-state index contributed by atoms with van der Waals surface area (Å²) >= 11 is 0. The molecule has 3 atom stereocenters. The number of hydrogen-bond acceptors (Lipinski definition) is 6. The molecule has 1 aromatic carbocycles. The fourth-order valence-electron chi connectivity index (χ4n) is 2.85. The Morgan fingerprint density at radius 1 is 1.08 bits per heavy atom. The molecule has 0 bridgehead atoms. The largest absolute Gasteiger partial charge is 0.497 e. The first-order valence-corrected chi connectivity index (χ1v) is 7.96. The maximum absolute atomic E-state index is 12.6. The van der Waals surface area contributed by atoms with Gasteiger partial charge in [0.25, 0.3) is 0 Å². The zero-order chi connectivity index (χ0) is 17.9. The molecule has 1 N–H and O–H groups in total. The molecule has 6 nitrogen and oxygen atoms in total. The van der Waals surface area contributed by atoms with Gasteiger partial charge in [-0.3, -0.25) is 14.9 Å². The van der Waals surface area contributed by atoms with Crippen molar-refractivity contribution in [2.45, 2.75) is 44.9 Å². The summed E-state index contributed by atoms with van der Waals surface area (Å²) in [6.45, 7) is 5.48. The topological polar surface area (TPSA) is 73.9 Å². The summed E-state index contributed by atoms with van der Waals surface area (Å²) < 4.78 is 15.5. The Labute approximate surface area is 142 Å². The van der Waals surface area contributed by atoms with Crippen LogP contribution in [0.4, 0.5) is 0 Å². The van der Waals surface area contributed by atoms with Gasteiger partial charge >= 0.3 is 11.9 Å². The van der Waals surface area contributed by atoms with Gasteiger partial charge in [0.15, 0.2) is 0 Å². The number of rotatable bonds is 4. The molecule has 1 aromatic rings. The fourth-order valence-corrected chi connectivity index (χ4v) is 2.85. The lowest BCUT2D eigenvalue weighted by molar-refractivity contribution is -0.160. The molecule has 0 radical (unpaired) electrons. The Kier molecular flexibility index (Phi) is 5.49. The van der Waals surface area contributed by atoms with E-state index in [9.17, 15) is 9.59 Å². The highest BCUT2D eigenvalue weighted by Crippen LogP contribution is 2.35. The van der Waals surface area contributed by atoms with Crippen molar-refractivity contribution in [1.29, 1.82) is 0 Å². The van der Waals surface area contributed by atoms with Crippen molar-refractivity contribution in [2.75, 3.05) is 14.2 Å². The highest BCUT2D eigenvalue weighted by molar-refractivity contribution is 5.80. The van der Waals surface area contributed by atoms with E-state index < -0.39 is 17.6 Å². The number of esters is 2. The van der Waals surface area contributed by atoms with Gasteiger partial charge in [0, 0.05) is 6.04 Å². The summed E-state index contributed by atoms with van der Waals surface area (Å²) in [7, 11) is 2.94. The zero-order valence-electron chi connectivity index (χ0n) is 14.8. The highest BCUT2D eigenvalue weighted by Gasteiger charge is 2.44. The van der Waals surface area contributed by atoms with E-state index in [0.717, 1.165) is 11.3 Å². The van der Waals surface area contributed by atoms with E-state index in [1.165, 1.54) is 7.11 Å². The van der Waals surface area contributed by atoms with Crippen LogP contribution < -0.4 is 10.1 Å². The maximum Gasteiger partial charge on any atom is 0.322 e. The van der Waals surface area contributed by atoms with Crippen LogP contribution in [0.3, 0.4) is 0 Å². The molecule has 0 amide bonds. The van der Waals surface area contributed by atoms with Crippen molar-refractivity contribution in [2.24, 2.45) is 5.92 Å². The average molecular weight is 335 g/mol. The number of ether oxygens (including phenoxy) is 3. The number of methoxy groups -OCH3 is 2. The molecule has 0 aromatic heterocycles. The van der Waals surface area contributed by atoms with Gasteiger partial charge in [-0.15, -0.1) is 0 Å². The minimum absolute atomic E-state index is 0.310. The van der Waals surface area contributed by atoms with Crippen LogP contribution in [-0.2, 0) is 19.1 Å². The van der Waals surface area contributed by atoms with Crippen LogP contribution in [0, 0.1) is 5.92 Å². The zero-order valence-corrected chi connectivity index (χ0v) is 14.8. The Hall–Kier alpha value is -2.08. The molecule has 1 fully saturated rings. The normalized spacial score (nSPS) is 23.6. The van der Waals surface area contributed by atoms with Crippen molar-refractivity contribution >= 4 is 11.9 Å². The minimum Gasteiger partial charge on any atom is -0.497 e. The van der Waals surface area contributed by atoms with Crippen LogP contribution in [0.25, 0.3) is 0 Å². The quantitative estimate of drug-likeness (QED) is 0.851. The molecule has 6 heteroatoms. The van der Waals surface area contributed by atoms with Crippen molar-refractivity contribution in [1.82, 2.24) is 5.32 Å². The Bertz CT molecular complexity index is 590. The summed E-state index contributed by atoms with van der Waals surface area (Å²) in [4.78, 5) is 24.5. The molecule has 0 unspecified atom stereocenters. The molecule has 24 heavy (non-hydrogen) atoms. The van der Waals surface area contributed by atoms with Crippen molar-refractivity contribution in [3.05, 3.63) is 29.8 Å². The van der Waals surface area contributed by atoms with Gasteiger partial charge in [0.05, 0.1) is 20.1 Å². The molecular formula is C18H25NO5. The van der Waals surface area contributed by atoms with E-state index in [1.54, 1.807) is 7.11 Å². The molecule has 1 aliphatic heterocycles. The van der Waals surface area contributed by atoms with E-state index in [4.69, 9.17) is 14.2 Å². The summed E-state index contributed by atoms with van der Waals surface area (Å²) in [6, 6.07) is 6.58. The van der Waals surface area contributed by atoms with Crippen molar-refractivity contribution in [3.63, 3.8) is 0 Å². The van der Waals surface area contributed by atoms with Crippen LogP contribution in [0.5, 0.6) is 5.75 Å². The second kappa shape index (κ2) is 7.21. The first kappa shape index (κ1) is 18.3. The first-order valence-electron chi connectivity index (χ1n) is 7.96. The lowest BCUT2D eigenvalue weighted by Crippen LogP contribution is -2.33. The number of carbonyl (C=O) groups excluding carboxylic acids is 2. The van der Waals surface area contributed by atoms with Crippen LogP contribution >= 0.6 is 0 Å². The lowest BCUT2D eigenvalue weighted by atomic mass is 9.93. The minimum atomic E-state index is -0.578. The van der Waals surface area contributed by atoms with Gasteiger partial charge in [0.1, 0.15) is 17.4 Å². The smallest absolute Gasteiger partial charge is 0.322 e. The third-order valence-corrected chi connectivity index (χ3v) is 3.94.